The molecule has 1 saturated heterocycles. The van der Waals surface area contributed by atoms with Gasteiger partial charge in [0.25, 0.3) is 0 Å². The van der Waals surface area contributed by atoms with Crippen LogP contribution in [-0.2, 0) is 4.74 Å². The van der Waals surface area contributed by atoms with Gasteiger partial charge in [-0.25, -0.2) is 0 Å². The quantitative estimate of drug-likeness (QED) is 0.784. The van der Waals surface area contributed by atoms with E-state index in [1.165, 1.54) is 5.69 Å². The Hall–Kier alpha value is -0.610. The molecule has 0 N–H and O–H groups in total. The van der Waals surface area contributed by atoms with E-state index in [0.717, 1.165) is 24.2 Å². The summed E-state index contributed by atoms with van der Waals surface area (Å²) in [6, 6.07) is 2.03. The first-order valence-corrected chi connectivity index (χ1v) is 5.86. The van der Waals surface area contributed by atoms with Crippen molar-refractivity contribution in [3.63, 3.8) is 0 Å². The second-order valence-corrected chi connectivity index (χ2v) is 5.21. The molecule has 0 spiro atoms. The Labute approximate surface area is 98.6 Å². The van der Waals surface area contributed by atoms with Gasteiger partial charge in [-0.1, -0.05) is 0 Å². The lowest BCUT2D eigenvalue weighted by Crippen LogP contribution is -2.48. The molecule has 0 bridgehead atoms. The monoisotopic (exact) mass is 270 g/mol. The van der Waals surface area contributed by atoms with Crippen LogP contribution in [0.5, 0.6) is 0 Å². The van der Waals surface area contributed by atoms with E-state index in [2.05, 4.69) is 39.7 Å². The van der Waals surface area contributed by atoms with Crippen LogP contribution < -0.4 is 4.90 Å². The number of aromatic nitrogens is 1. The lowest BCUT2D eigenvalue weighted by molar-refractivity contribution is -0.0277. The minimum atomic E-state index is -0.0685. The molecule has 15 heavy (non-hydrogen) atoms. The highest BCUT2D eigenvalue weighted by atomic mass is 79.9. The Morgan fingerprint density at radius 1 is 1.53 bits per heavy atom. The van der Waals surface area contributed by atoms with Gasteiger partial charge >= 0.3 is 0 Å². The highest BCUT2D eigenvalue weighted by Gasteiger charge is 2.27. The van der Waals surface area contributed by atoms with Crippen molar-refractivity contribution >= 4 is 21.6 Å². The van der Waals surface area contributed by atoms with Crippen LogP contribution in [0, 0.1) is 0 Å². The minimum Gasteiger partial charge on any atom is -0.372 e. The normalized spacial score (nSPS) is 20.3. The average molecular weight is 271 g/mol. The van der Waals surface area contributed by atoms with Gasteiger partial charge in [-0.05, 0) is 35.8 Å². The fourth-order valence-corrected chi connectivity index (χ4v) is 2.35. The molecule has 1 aliphatic heterocycles. The molecule has 4 heteroatoms. The van der Waals surface area contributed by atoms with Crippen LogP contribution in [-0.4, -0.2) is 30.3 Å². The first kappa shape index (κ1) is 10.9. The number of pyridine rings is 1. The summed E-state index contributed by atoms with van der Waals surface area (Å²) in [5, 5.41) is 0. The van der Waals surface area contributed by atoms with Gasteiger partial charge < -0.3 is 9.64 Å². The van der Waals surface area contributed by atoms with Crippen LogP contribution in [0.2, 0.25) is 0 Å². The molecule has 82 valence electrons. The maximum Gasteiger partial charge on any atom is 0.0801 e. The van der Waals surface area contributed by atoms with E-state index in [1.54, 1.807) is 0 Å². The summed E-state index contributed by atoms with van der Waals surface area (Å²) in [7, 11) is 0. The van der Waals surface area contributed by atoms with E-state index in [-0.39, 0.29) is 5.60 Å². The van der Waals surface area contributed by atoms with E-state index < -0.39 is 0 Å². The van der Waals surface area contributed by atoms with Crippen LogP contribution in [0.25, 0.3) is 0 Å². The van der Waals surface area contributed by atoms with E-state index in [9.17, 15) is 0 Å². The fraction of sp³-hybridized carbons (Fsp3) is 0.545. The second kappa shape index (κ2) is 4.10. The van der Waals surface area contributed by atoms with E-state index in [4.69, 9.17) is 4.74 Å². The van der Waals surface area contributed by atoms with Crippen molar-refractivity contribution in [3.05, 3.63) is 22.9 Å². The number of hydrogen-bond donors (Lipinski definition) is 0. The Morgan fingerprint density at radius 3 is 3.00 bits per heavy atom. The second-order valence-electron chi connectivity index (χ2n) is 4.36. The number of nitrogens with zero attached hydrogens (tertiary/aromatic N) is 2. The highest BCUT2D eigenvalue weighted by molar-refractivity contribution is 9.10. The van der Waals surface area contributed by atoms with E-state index in [0.29, 0.717) is 0 Å². The number of ether oxygens (including phenoxy) is 1. The number of halogens is 1. The van der Waals surface area contributed by atoms with Gasteiger partial charge in [-0.15, -0.1) is 0 Å². The maximum atomic E-state index is 5.68. The zero-order chi connectivity index (χ0) is 10.9. The summed E-state index contributed by atoms with van der Waals surface area (Å²) >= 11 is 3.52. The third-order valence-electron chi connectivity index (χ3n) is 2.52. The average Bonchev–Trinajstić information content (AvgIpc) is 2.17. The van der Waals surface area contributed by atoms with E-state index >= 15 is 0 Å². The first-order chi connectivity index (χ1) is 7.08. The molecule has 1 aromatic heterocycles. The van der Waals surface area contributed by atoms with Crippen molar-refractivity contribution in [3.8, 4) is 0 Å². The van der Waals surface area contributed by atoms with Gasteiger partial charge in [0.05, 0.1) is 22.4 Å². The molecule has 1 aliphatic rings. The van der Waals surface area contributed by atoms with Crippen LogP contribution >= 0.6 is 15.9 Å². The van der Waals surface area contributed by atoms with Crippen molar-refractivity contribution < 1.29 is 4.74 Å². The summed E-state index contributed by atoms with van der Waals surface area (Å²) in [5.41, 5.74) is 1.13. The summed E-state index contributed by atoms with van der Waals surface area (Å²) in [4.78, 5) is 6.40. The zero-order valence-electron chi connectivity index (χ0n) is 9.03. The lowest BCUT2D eigenvalue weighted by atomic mass is 10.1. The molecular weight excluding hydrogens is 256 g/mol. The predicted molar refractivity (Wildman–Crippen MR) is 64.2 cm³/mol. The van der Waals surface area contributed by atoms with Crippen molar-refractivity contribution in [2.24, 2.45) is 0 Å². The van der Waals surface area contributed by atoms with Crippen LogP contribution in [0.15, 0.2) is 22.9 Å². The van der Waals surface area contributed by atoms with Gasteiger partial charge in [0.2, 0.25) is 0 Å². The number of hydrogen-bond acceptors (Lipinski definition) is 3. The smallest absolute Gasteiger partial charge is 0.0801 e. The van der Waals surface area contributed by atoms with Gasteiger partial charge in [-0.3, -0.25) is 4.98 Å². The molecule has 0 amide bonds. The topological polar surface area (TPSA) is 25.4 Å². The predicted octanol–water partition coefficient (Wildman–Crippen LogP) is 2.46. The highest BCUT2D eigenvalue weighted by Crippen LogP contribution is 2.28. The van der Waals surface area contributed by atoms with Crippen molar-refractivity contribution in [1.29, 1.82) is 0 Å². The Bertz CT molecular complexity index is 354. The molecule has 1 fully saturated rings. The molecule has 0 saturated carbocycles. The third kappa shape index (κ3) is 2.49. The molecule has 0 aromatic carbocycles. The number of rotatable bonds is 1. The third-order valence-corrected chi connectivity index (χ3v) is 3.13. The summed E-state index contributed by atoms with van der Waals surface area (Å²) in [6.07, 6.45) is 3.65. The minimum absolute atomic E-state index is 0.0685. The molecule has 0 atom stereocenters. The molecular formula is C11H15BrN2O. The number of anilines is 1. The maximum absolute atomic E-state index is 5.68. The fourth-order valence-electron chi connectivity index (χ4n) is 1.85. The summed E-state index contributed by atoms with van der Waals surface area (Å²) in [5.74, 6) is 0. The first-order valence-electron chi connectivity index (χ1n) is 5.07. The number of morpholine rings is 1. The van der Waals surface area contributed by atoms with Gasteiger partial charge in [-0.2, -0.15) is 0 Å². The molecule has 2 rings (SSSR count). The molecule has 0 aliphatic carbocycles. The zero-order valence-corrected chi connectivity index (χ0v) is 10.6. The Morgan fingerprint density at radius 2 is 2.33 bits per heavy atom. The molecule has 3 nitrogen and oxygen atoms in total. The molecule has 0 radical (unpaired) electrons. The van der Waals surface area contributed by atoms with Gasteiger partial charge in [0, 0.05) is 25.5 Å². The van der Waals surface area contributed by atoms with Crippen molar-refractivity contribution in [2.45, 2.75) is 19.4 Å². The largest absolute Gasteiger partial charge is 0.372 e. The molecule has 0 unspecified atom stereocenters. The SMILES string of the molecule is CC1(C)CN(c2ccncc2Br)CCO1. The molecule has 1 aromatic rings. The Balaban J connectivity index is 2.21. The Kier molecular flexibility index (Phi) is 2.98. The van der Waals surface area contributed by atoms with Gasteiger partial charge in [0.15, 0.2) is 0 Å². The standard InChI is InChI=1S/C11H15BrN2O/c1-11(2)8-14(5-6-15-11)10-3-4-13-7-9(10)12/h3-4,7H,5-6,8H2,1-2H3. The molecule has 2 heterocycles. The van der Waals surface area contributed by atoms with Crippen molar-refractivity contribution in [1.82, 2.24) is 4.98 Å². The van der Waals surface area contributed by atoms with E-state index in [1.807, 2.05) is 18.5 Å². The van der Waals surface area contributed by atoms with Gasteiger partial charge in [0.1, 0.15) is 0 Å². The van der Waals surface area contributed by atoms with Crippen LogP contribution in [0.3, 0.4) is 0 Å². The van der Waals surface area contributed by atoms with Crippen LogP contribution in [0.1, 0.15) is 13.8 Å². The van der Waals surface area contributed by atoms with Crippen molar-refractivity contribution in [2.75, 3.05) is 24.6 Å². The lowest BCUT2D eigenvalue weighted by Gasteiger charge is -2.39. The summed E-state index contributed by atoms with van der Waals surface area (Å²) < 4.78 is 6.73. The van der Waals surface area contributed by atoms with Crippen LogP contribution in [0.4, 0.5) is 5.69 Å². The summed E-state index contributed by atoms with van der Waals surface area (Å²) in [6.45, 7) is 6.87.